The maximum atomic E-state index is 12.3. The summed E-state index contributed by atoms with van der Waals surface area (Å²) < 4.78 is 0. The molecule has 2 amide bonds. The van der Waals surface area contributed by atoms with Crippen molar-refractivity contribution in [2.45, 2.75) is 64.8 Å². The molecular formula is C22H32N2O4. The third kappa shape index (κ3) is 7.33. The zero-order valence-corrected chi connectivity index (χ0v) is 16.9. The van der Waals surface area contributed by atoms with Crippen LogP contribution in [0.1, 0.15) is 56.6 Å². The first-order chi connectivity index (χ1) is 13.3. The van der Waals surface area contributed by atoms with Crippen LogP contribution in [0.25, 0.3) is 0 Å². The molecular weight excluding hydrogens is 356 g/mol. The average Bonchev–Trinajstić information content (AvgIpc) is 2.65. The van der Waals surface area contributed by atoms with Crippen molar-refractivity contribution in [1.29, 1.82) is 0 Å². The minimum Gasteiger partial charge on any atom is -0.481 e. The van der Waals surface area contributed by atoms with Crippen LogP contribution in [0.15, 0.2) is 24.3 Å². The van der Waals surface area contributed by atoms with E-state index in [2.05, 4.69) is 10.6 Å². The van der Waals surface area contributed by atoms with Crippen molar-refractivity contribution in [2.75, 3.05) is 6.54 Å². The lowest BCUT2D eigenvalue weighted by atomic mass is 9.87. The predicted octanol–water partition coefficient (Wildman–Crippen LogP) is 2.83. The van der Waals surface area contributed by atoms with Crippen LogP contribution in [0.5, 0.6) is 0 Å². The number of carboxylic acid groups (broad SMARTS) is 1. The van der Waals surface area contributed by atoms with E-state index in [1.54, 1.807) is 6.92 Å². The topological polar surface area (TPSA) is 95.5 Å². The van der Waals surface area contributed by atoms with Crippen molar-refractivity contribution in [3.05, 3.63) is 35.4 Å². The highest BCUT2D eigenvalue weighted by Gasteiger charge is 2.23. The molecule has 28 heavy (non-hydrogen) atoms. The summed E-state index contributed by atoms with van der Waals surface area (Å²) in [5.41, 5.74) is 2.00. The second-order valence-electron chi connectivity index (χ2n) is 7.97. The van der Waals surface area contributed by atoms with E-state index in [1.165, 1.54) is 19.3 Å². The highest BCUT2D eigenvalue weighted by Crippen LogP contribution is 2.26. The first-order valence-electron chi connectivity index (χ1n) is 10.2. The molecule has 6 heteroatoms. The number of nitrogens with one attached hydrogen (secondary N) is 2. The maximum Gasteiger partial charge on any atom is 0.308 e. The molecule has 0 heterocycles. The van der Waals surface area contributed by atoms with Gasteiger partial charge in [0.2, 0.25) is 11.8 Å². The van der Waals surface area contributed by atoms with E-state index < -0.39 is 17.9 Å². The molecule has 1 aromatic rings. The monoisotopic (exact) mass is 388 g/mol. The number of amides is 2. The number of rotatable bonds is 9. The van der Waals surface area contributed by atoms with E-state index in [0.29, 0.717) is 18.8 Å². The van der Waals surface area contributed by atoms with Gasteiger partial charge in [0.25, 0.3) is 0 Å². The van der Waals surface area contributed by atoms with Crippen LogP contribution in [0.2, 0.25) is 0 Å². The van der Waals surface area contributed by atoms with Crippen molar-refractivity contribution in [1.82, 2.24) is 10.6 Å². The van der Waals surface area contributed by atoms with E-state index in [4.69, 9.17) is 0 Å². The van der Waals surface area contributed by atoms with Gasteiger partial charge >= 0.3 is 5.97 Å². The van der Waals surface area contributed by atoms with Gasteiger partial charge in [-0.05, 0) is 44.6 Å². The summed E-state index contributed by atoms with van der Waals surface area (Å²) in [5.74, 6) is -1.71. The molecule has 1 aliphatic rings. The number of carbonyl (C=O) groups is 3. The summed E-state index contributed by atoms with van der Waals surface area (Å²) in [6.45, 7) is 3.62. The van der Waals surface area contributed by atoms with Crippen molar-refractivity contribution < 1.29 is 19.5 Å². The van der Waals surface area contributed by atoms with Gasteiger partial charge < -0.3 is 15.7 Å². The van der Waals surface area contributed by atoms with E-state index in [9.17, 15) is 19.5 Å². The van der Waals surface area contributed by atoms with E-state index in [-0.39, 0.29) is 18.4 Å². The smallest absolute Gasteiger partial charge is 0.308 e. The van der Waals surface area contributed by atoms with Gasteiger partial charge in [-0.3, -0.25) is 14.4 Å². The molecule has 2 unspecified atom stereocenters. The largest absolute Gasteiger partial charge is 0.481 e. The van der Waals surface area contributed by atoms with Gasteiger partial charge in [0.1, 0.15) is 6.04 Å². The quantitative estimate of drug-likeness (QED) is 0.606. The van der Waals surface area contributed by atoms with Gasteiger partial charge in [-0.2, -0.15) is 0 Å². The van der Waals surface area contributed by atoms with Crippen LogP contribution in [-0.4, -0.2) is 35.5 Å². The van der Waals surface area contributed by atoms with Gasteiger partial charge in [0.05, 0.1) is 5.92 Å². The molecule has 0 bridgehead atoms. The number of benzene rings is 1. The molecule has 3 N–H and O–H groups in total. The number of aliphatic carboxylic acids is 1. The molecule has 2 atom stereocenters. The summed E-state index contributed by atoms with van der Waals surface area (Å²) in [6.07, 6.45) is 6.55. The predicted molar refractivity (Wildman–Crippen MR) is 108 cm³/mol. The molecule has 154 valence electrons. The Morgan fingerprint density at radius 3 is 2.54 bits per heavy atom. The molecule has 0 spiro atoms. The second-order valence-corrected chi connectivity index (χ2v) is 7.97. The summed E-state index contributed by atoms with van der Waals surface area (Å²) in [4.78, 5) is 36.0. The van der Waals surface area contributed by atoms with Crippen LogP contribution < -0.4 is 10.6 Å². The fourth-order valence-electron chi connectivity index (χ4n) is 3.77. The van der Waals surface area contributed by atoms with Crippen molar-refractivity contribution >= 4 is 17.8 Å². The zero-order chi connectivity index (χ0) is 20.5. The Morgan fingerprint density at radius 1 is 1.18 bits per heavy atom. The maximum absolute atomic E-state index is 12.3. The van der Waals surface area contributed by atoms with Gasteiger partial charge in [0.15, 0.2) is 0 Å². The third-order valence-electron chi connectivity index (χ3n) is 5.41. The number of aryl methyl sites for hydroxylation is 1. The summed E-state index contributed by atoms with van der Waals surface area (Å²) >= 11 is 0. The second kappa shape index (κ2) is 10.8. The van der Waals surface area contributed by atoms with Crippen LogP contribution in [0.3, 0.4) is 0 Å². The third-order valence-corrected chi connectivity index (χ3v) is 5.41. The van der Waals surface area contributed by atoms with Gasteiger partial charge in [-0.1, -0.05) is 49.1 Å². The van der Waals surface area contributed by atoms with Crippen molar-refractivity contribution in [3.8, 4) is 0 Å². The van der Waals surface area contributed by atoms with Gasteiger partial charge in [0, 0.05) is 13.0 Å². The number of carbonyl (C=O) groups excluding carboxylic acids is 2. The Labute approximate surface area is 167 Å². The van der Waals surface area contributed by atoms with Crippen LogP contribution in [0.4, 0.5) is 0 Å². The molecule has 0 saturated heterocycles. The molecule has 6 nitrogen and oxygen atoms in total. The molecule has 2 rings (SSSR count). The SMILES string of the molecule is Cc1cccc(CC(CNC(=O)C(C)NC(=O)CC2CCCCC2)C(=O)O)c1. The number of hydrogen-bond donors (Lipinski definition) is 3. The standard InChI is InChI=1S/C22H32N2O4/c1-15-7-6-10-18(11-15)12-19(22(27)28)14-23-21(26)16(2)24-20(25)13-17-8-4-3-5-9-17/h6-7,10-11,16-17,19H,3-5,8-9,12-14H2,1-2H3,(H,23,26)(H,24,25)(H,27,28). The Balaban J connectivity index is 1.79. The van der Waals surface area contributed by atoms with Crippen LogP contribution in [0, 0.1) is 18.8 Å². The fourth-order valence-corrected chi connectivity index (χ4v) is 3.77. The lowest BCUT2D eigenvalue weighted by Crippen LogP contribution is -2.47. The number of carboxylic acids is 1. The summed E-state index contributed by atoms with van der Waals surface area (Å²) in [5, 5.41) is 14.9. The number of hydrogen-bond acceptors (Lipinski definition) is 3. The van der Waals surface area contributed by atoms with Gasteiger partial charge in [-0.15, -0.1) is 0 Å². The normalized spacial score (nSPS) is 16.8. The molecule has 0 radical (unpaired) electrons. The van der Waals surface area contributed by atoms with Gasteiger partial charge in [-0.25, -0.2) is 0 Å². The molecule has 1 saturated carbocycles. The molecule has 0 aliphatic heterocycles. The molecule has 1 aromatic carbocycles. The molecule has 1 fully saturated rings. The highest BCUT2D eigenvalue weighted by molar-refractivity contribution is 5.87. The van der Waals surface area contributed by atoms with Crippen LogP contribution in [-0.2, 0) is 20.8 Å². The Morgan fingerprint density at radius 2 is 1.89 bits per heavy atom. The molecule has 1 aliphatic carbocycles. The summed E-state index contributed by atoms with van der Waals surface area (Å²) in [6, 6.07) is 7.01. The lowest BCUT2D eigenvalue weighted by molar-refractivity contribution is -0.141. The van der Waals surface area contributed by atoms with Crippen molar-refractivity contribution in [3.63, 3.8) is 0 Å². The minimum atomic E-state index is -0.948. The molecule has 0 aromatic heterocycles. The van der Waals surface area contributed by atoms with Crippen LogP contribution >= 0.6 is 0 Å². The first-order valence-corrected chi connectivity index (χ1v) is 10.2. The fraction of sp³-hybridized carbons (Fsp3) is 0.591. The minimum absolute atomic E-state index is 0.0327. The average molecular weight is 389 g/mol. The lowest BCUT2D eigenvalue weighted by Gasteiger charge is -2.22. The zero-order valence-electron chi connectivity index (χ0n) is 16.9. The first kappa shape index (κ1) is 21.9. The summed E-state index contributed by atoms with van der Waals surface area (Å²) in [7, 11) is 0. The van der Waals surface area contributed by atoms with Crippen molar-refractivity contribution in [2.24, 2.45) is 11.8 Å². The Bertz CT molecular complexity index is 683. The Kier molecular flexibility index (Phi) is 8.48. The van der Waals surface area contributed by atoms with E-state index in [1.807, 2.05) is 31.2 Å². The Hall–Kier alpha value is -2.37. The van der Waals surface area contributed by atoms with E-state index in [0.717, 1.165) is 24.0 Å². The van der Waals surface area contributed by atoms with E-state index >= 15 is 0 Å². The highest BCUT2D eigenvalue weighted by atomic mass is 16.4.